The molecule has 10 heteroatoms. The normalized spacial score (nSPS) is 11.0. The molecule has 1 heterocycles. The molecule has 0 aliphatic rings. The molecule has 0 saturated carbocycles. The van der Waals surface area contributed by atoms with E-state index in [-0.39, 0.29) is 28.1 Å². The van der Waals surface area contributed by atoms with Crippen molar-refractivity contribution in [3.8, 4) is 5.75 Å². The number of nitrogens with zero attached hydrogens (tertiary/aromatic N) is 1. The monoisotopic (exact) mass is 465 g/mol. The molecule has 0 bridgehead atoms. The Kier molecular flexibility index (Phi) is 7.15. The average molecular weight is 466 g/mol. The minimum Gasteiger partial charge on any atom is -0.484 e. The first-order chi connectivity index (χ1) is 14.3. The fraction of sp³-hybridized carbons (Fsp3) is 0.100. The minimum absolute atomic E-state index is 0.0306. The summed E-state index contributed by atoms with van der Waals surface area (Å²) in [4.78, 5) is 15.8. The van der Waals surface area contributed by atoms with Crippen molar-refractivity contribution in [3.63, 3.8) is 0 Å². The van der Waals surface area contributed by atoms with Crippen LogP contribution in [0.5, 0.6) is 5.75 Å². The molecular formula is C20H17Cl2N3O4S. The molecule has 2 aromatic carbocycles. The molecule has 0 spiro atoms. The molecule has 0 atom stereocenters. The smallest absolute Gasteiger partial charge is 0.261 e. The Morgan fingerprint density at radius 2 is 1.67 bits per heavy atom. The summed E-state index contributed by atoms with van der Waals surface area (Å²) < 4.78 is 32.8. The van der Waals surface area contributed by atoms with Gasteiger partial charge < -0.3 is 10.1 Å². The summed E-state index contributed by atoms with van der Waals surface area (Å²) in [5, 5.41) is 3.29. The van der Waals surface area contributed by atoms with Gasteiger partial charge in [-0.25, -0.2) is 8.42 Å². The van der Waals surface area contributed by atoms with E-state index in [0.29, 0.717) is 17.3 Å². The van der Waals surface area contributed by atoms with Crippen molar-refractivity contribution in [1.29, 1.82) is 0 Å². The van der Waals surface area contributed by atoms with E-state index in [1.807, 2.05) is 0 Å². The molecule has 0 fully saturated rings. The van der Waals surface area contributed by atoms with Gasteiger partial charge >= 0.3 is 0 Å². The number of ether oxygens (including phenoxy) is 1. The van der Waals surface area contributed by atoms with Crippen LogP contribution in [0.4, 0.5) is 5.69 Å². The number of carbonyl (C=O) groups is 1. The summed E-state index contributed by atoms with van der Waals surface area (Å²) in [6.45, 7) is 0.168. The highest BCUT2D eigenvalue weighted by molar-refractivity contribution is 7.92. The van der Waals surface area contributed by atoms with E-state index in [2.05, 4.69) is 15.0 Å². The molecule has 0 unspecified atom stereocenters. The van der Waals surface area contributed by atoms with Gasteiger partial charge in [0.05, 0.1) is 20.6 Å². The summed E-state index contributed by atoms with van der Waals surface area (Å²) in [6, 6.07) is 13.7. The highest BCUT2D eigenvalue weighted by atomic mass is 35.5. The predicted octanol–water partition coefficient (Wildman–Crippen LogP) is 3.88. The van der Waals surface area contributed by atoms with E-state index in [9.17, 15) is 13.2 Å². The number of rotatable bonds is 8. The van der Waals surface area contributed by atoms with Crippen LogP contribution in [0.15, 0.2) is 71.9 Å². The number of sulfonamides is 1. The maximum Gasteiger partial charge on any atom is 0.261 e. The van der Waals surface area contributed by atoms with Gasteiger partial charge in [-0.05, 0) is 60.2 Å². The SMILES string of the molecule is O=C(COc1ccc(S(=O)(=O)Nc2ccc(Cl)c(Cl)c2)cc1)NCc1ccncc1. The molecule has 1 amide bonds. The minimum atomic E-state index is -3.82. The maximum absolute atomic E-state index is 12.5. The fourth-order valence-corrected chi connectivity index (χ4v) is 3.74. The van der Waals surface area contributed by atoms with E-state index >= 15 is 0 Å². The van der Waals surface area contributed by atoms with Crippen molar-refractivity contribution in [2.24, 2.45) is 0 Å². The number of halogens is 2. The number of carbonyl (C=O) groups excluding carboxylic acids is 1. The zero-order chi connectivity index (χ0) is 21.6. The molecule has 156 valence electrons. The zero-order valence-electron chi connectivity index (χ0n) is 15.5. The molecule has 0 aliphatic heterocycles. The van der Waals surface area contributed by atoms with Gasteiger partial charge in [-0.1, -0.05) is 23.2 Å². The average Bonchev–Trinajstić information content (AvgIpc) is 2.74. The molecule has 3 aromatic rings. The predicted molar refractivity (Wildman–Crippen MR) is 115 cm³/mol. The second-order valence-electron chi connectivity index (χ2n) is 6.13. The largest absolute Gasteiger partial charge is 0.484 e. The van der Waals surface area contributed by atoms with E-state index in [1.165, 1.54) is 42.5 Å². The fourth-order valence-electron chi connectivity index (χ4n) is 2.39. The number of amides is 1. The summed E-state index contributed by atoms with van der Waals surface area (Å²) in [7, 11) is -3.82. The quantitative estimate of drug-likeness (QED) is 0.525. The van der Waals surface area contributed by atoms with Crippen LogP contribution in [0.1, 0.15) is 5.56 Å². The number of hydrogen-bond acceptors (Lipinski definition) is 5. The lowest BCUT2D eigenvalue weighted by Crippen LogP contribution is -2.28. The summed E-state index contributed by atoms with van der Waals surface area (Å²) in [6.07, 6.45) is 3.29. The Hall–Kier alpha value is -2.81. The topological polar surface area (TPSA) is 97.4 Å². The summed E-state index contributed by atoms with van der Waals surface area (Å²) >= 11 is 11.7. The Labute approximate surface area is 184 Å². The van der Waals surface area contributed by atoms with Crippen molar-refractivity contribution in [1.82, 2.24) is 10.3 Å². The van der Waals surface area contributed by atoms with Crippen LogP contribution in [-0.2, 0) is 21.4 Å². The Morgan fingerprint density at radius 1 is 0.967 bits per heavy atom. The van der Waals surface area contributed by atoms with E-state index < -0.39 is 10.0 Å². The Morgan fingerprint density at radius 3 is 2.33 bits per heavy atom. The molecule has 1 aromatic heterocycles. The lowest BCUT2D eigenvalue weighted by atomic mass is 10.3. The summed E-state index contributed by atoms with van der Waals surface area (Å²) in [5.74, 6) is 0.0624. The number of hydrogen-bond donors (Lipinski definition) is 2. The number of nitrogens with one attached hydrogen (secondary N) is 2. The third-order valence-corrected chi connectivity index (χ3v) is 6.05. The lowest BCUT2D eigenvalue weighted by Gasteiger charge is -2.10. The van der Waals surface area contributed by atoms with Crippen LogP contribution < -0.4 is 14.8 Å². The zero-order valence-corrected chi connectivity index (χ0v) is 17.8. The lowest BCUT2D eigenvalue weighted by molar-refractivity contribution is -0.123. The van der Waals surface area contributed by atoms with Gasteiger partial charge in [-0.15, -0.1) is 0 Å². The molecule has 2 N–H and O–H groups in total. The first-order valence-electron chi connectivity index (χ1n) is 8.70. The van der Waals surface area contributed by atoms with Gasteiger partial charge in [0.15, 0.2) is 6.61 Å². The number of benzene rings is 2. The third-order valence-electron chi connectivity index (χ3n) is 3.91. The molecule has 0 radical (unpaired) electrons. The highest BCUT2D eigenvalue weighted by Crippen LogP contribution is 2.26. The van der Waals surface area contributed by atoms with Gasteiger partial charge in [0.25, 0.3) is 15.9 Å². The van der Waals surface area contributed by atoms with Crippen LogP contribution in [0, 0.1) is 0 Å². The van der Waals surface area contributed by atoms with Crippen molar-refractivity contribution in [2.75, 3.05) is 11.3 Å². The van der Waals surface area contributed by atoms with Crippen molar-refractivity contribution >= 4 is 44.8 Å². The Balaban J connectivity index is 1.54. The van der Waals surface area contributed by atoms with Gasteiger partial charge in [0.2, 0.25) is 0 Å². The van der Waals surface area contributed by atoms with Crippen LogP contribution in [0.25, 0.3) is 0 Å². The van der Waals surface area contributed by atoms with Gasteiger partial charge in [-0.2, -0.15) is 0 Å². The first-order valence-corrected chi connectivity index (χ1v) is 10.9. The van der Waals surface area contributed by atoms with Crippen molar-refractivity contribution in [3.05, 3.63) is 82.6 Å². The van der Waals surface area contributed by atoms with Crippen LogP contribution in [-0.4, -0.2) is 25.9 Å². The van der Waals surface area contributed by atoms with Crippen molar-refractivity contribution < 1.29 is 17.9 Å². The standard InChI is InChI=1S/C20H17Cl2N3O4S/c21-18-6-1-15(11-19(18)22)25-30(27,28)17-4-2-16(3-5-17)29-13-20(26)24-12-14-7-9-23-10-8-14/h1-11,25H,12-13H2,(H,24,26). The van der Waals surface area contributed by atoms with Crippen LogP contribution >= 0.6 is 23.2 Å². The Bertz CT molecular complexity index is 1120. The first kappa shape index (κ1) is 21.9. The second kappa shape index (κ2) is 9.80. The van der Waals surface area contributed by atoms with Gasteiger partial charge in [-0.3, -0.25) is 14.5 Å². The molecule has 3 rings (SSSR count). The molecular weight excluding hydrogens is 449 g/mol. The maximum atomic E-state index is 12.5. The van der Waals surface area contributed by atoms with Gasteiger partial charge in [0.1, 0.15) is 5.75 Å². The van der Waals surface area contributed by atoms with Gasteiger partial charge in [0, 0.05) is 18.9 Å². The molecule has 0 saturated heterocycles. The molecule has 30 heavy (non-hydrogen) atoms. The number of anilines is 1. The summed E-state index contributed by atoms with van der Waals surface area (Å²) in [5.41, 5.74) is 1.21. The second-order valence-corrected chi connectivity index (χ2v) is 8.62. The molecule has 7 nitrogen and oxygen atoms in total. The van der Waals surface area contributed by atoms with Crippen molar-refractivity contribution in [2.45, 2.75) is 11.4 Å². The number of aromatic nitrogens is 1. The number of pyridine rings is 1. The van der Waals surface area contributed by atoms with E-state index in [1.54, 1.807) is 24.5 Å². The molecule has 0 aliphatic carbocycles. The van der Waals surface area contributed by atoms with Crippen LogP contribution in [0.2, 0.25) is 10.0 Å². The highest BCUT2D eigenvalue weighted by Gasteiger charge is 2.15. The van der Waals surface area contributed by atoms with E-state index in [0.717, 1.165) is 5.56 Å². The third kappa shape index (κ3) is 6.09. The van der Waals surface area contributed by atoms with E-state index in [4.69, 9.17) is 27.9 Å². The van der Waals surface area contributed by atoms with Crippen LogP contribution in [0.3, 0.4) is 0 Å².